The highest BCUT2D eigenvalue weighted by Crippen LogP contribution is 2.27. The average molecular weight is 354 g/mol. The fraction of sp³-hybridized carbons (Fsp3) is 0.429. The Balaban J connectivity index is 2.74. The Kier molecular flexibility index (Phi) is 4.58. The summed E-state index contributed by atoms with van der Waals surface area (Å²) < 4.78 is 60.8. The molecule has 98 valence electrons. The number of hydrogen-bond donors (Lipinski definition) is 2. The van der Waals surface area contributed by atoms with Gasteiger partial charge in [-0.15, -0.1) is 11.3 Å². The molecule has 0 fully saturated rings. The van der Waals surface area contributed by atoms with E-state index in [0.717, 1.165) is 11.3 Å². The van der Waals surface area contributed by atoms with Gasteiger partial charge in [0.1, 0.15) is 4.21 Å². The van der Waals surface area contributed by atoms with Gasteiger partial charge < -0.3 is 5.11 Å². The molecule has 0 amide bonds. The van der Waals surface area contributed by atoms with Crippen molar-refractivity contribution >= 4 is 37.3 Å². The van der Waals surface area contributed by atoms with Crippen LogP contribution in [0.25, 0.3) is 0 Å². The van der Waals surface area contributed by atoms with Crippen LogP contribution < -0.4 is 4.72 Å². The molecular formula is C7H7BrF3NO3S2. The molecule has 0 aliphatic rings. The summed E-state index contributed by atoms with van der Waals surface area (Å²) in [6, 6.07) is 1.46. The second-order valence-electron chi connectivity index (χ2n) is 2.97. The largest absolute Gasteiger partial charge is 0.415 e. The minimum atomic E-state index is -4.85. The topological polar surface area (TPSA) is 66.4 Å². The zero-order chi connectivity index (χ0) is 13.3. The lowest BCUT2D eigenvalue weighted by Crippen LogP contribution is -2.40. The first-order valence-electron chi connectivity index (χ1n) is 4.12. The Morgan fingerprint density at radius 2 is 2.12 bits per heavy atom. The van der Waals surface area contributed by atoms with Gasteiger partial charge in [-0.3, -0.25) is 0 Å². The Morgan fingerprint density at radius 1 is 1.53 bits per heavy atom. The van der Waals surface area contributed by atoms with E-state index in [0.29, 0.717) is 0 Å². The predicted octanol–water partition coefficient (Wildman–Crippen LogP) is 1.71. The van der Waals surface area contributed by atoms with Crippen LogP contribution in [0.2, 0.25) is 0 Å². The SMILES string of the molecule is O=S(=O)(NCC(O)C(F)(F)F)c1sccc1Br. The molecule has 1 rings (SSSR count). The van der Waals surface area contributed by atoms with Gasteiger partial charge in [-0.25, -0.2) is 13.1 Å². The van der Waals surface area contributed by atoms with E-state index < -0.39 is 28.8 Å². The summed E-state index contributed by atoms with van der Waals surface area (Å²) in [6.07, 6.45) is -7.58. The fourth-order valence-electron chi connectivity index (χ4n) is 0.842. The standard InChI is InChI=1S/C7H7BrF3NO3S2/c8-4-1-2-16-6(4)17(14,15)12-3-5(13)7(9,10)11/h1-2,5,12-13H,3H2. The third-order valence-corrected chi connectivity index (χ3v) is 5.77. The smallest absolute Gasteiger partial charge is 0.382 e. The van der Waals surface area contributed by atoms with Crippen molar-refractivity contribution in [3.05, 3.63) is 15.9 Å². The maximum absolute atomic E-state index is 12.0. The predicted molar refractivity (Wildman–Crippen MR) is 59.3 cm³/mol. The number of rotatable bonds is 4. The molecule has 10 heteroatoms. The fourth-order valence-corrected chi connectivity index (χ4v) is 4.26. The maximum Gasteiger partial charge on any atom is 0.415 e. The Hall–Kier alpha value is -0.160. The van der Waals surface area contributed by atoms with Crippen LogP contribution in [0, 0.1) is 0 Å². The molecule has 17 heavy (non-hydrogen) atoms. The molecule has 0 radical (unpaired) electrons. The maximum atomic E-state index is 12.0. The van der Waals surface area contributed by atoms with Crippen LogP contribution in [-0.2, 0) is 10.0 Å². The molecule has 1 aromatic heterocycles. The third-order valence-electron chi connectivity index (χ3n) is 1.67. The lowest BCUT2D eigenvalue weighted by molar-refractivity contribution is -0.200. The summed E-state index contributed by atoms with van der Waals surface area (Å²) in [5.41, 5.74) is 0. The van der Waals surface area contributed by atoms with Crippen molar-refractivity contribution in [3.63, 3.8) is 0 Å². The highest BCUT2D eigenvalue weighted by Gasteiger charge is 2.38. The Labute approximate surface area is 108 Å². The molecule has 0 aliphatic carbocycles. The quantitative estimate of drug-likeness (QED) is 0.865. The number of aliphatic hydroxyl groups is 1. The molecule has 0 bridgehead atoms. The van der Waals surface area contributed by atoms with Crippen LogP contribution in [-0.4, -0.2) is 32.3 Å². The van der Waals surface area contributed by atoms with Crippen LogP contribution >= 0.6 is 27.3 Å². The molecule has 0 aromatic carbocycles. The van der Waals surface area contributed by atoms with Crippen molar-refractivity contribution in [1.82, 2.24) is 4.72 Å². The molecular weight excluding hydrogens is 347 g/mol. The zero-order valence-electron chi connectivity index (χ0n) is 8.03. The van der Waals surface area contributed by atoms with Gasteiger partial charge in [0.2, 0.25) is 0 Å². The van der Waals surface area contributed by atoms with Crippen LogP contribution in [0.3, 0.4) is 0 Å². The highest BCUT2D eigenvalue weighted by molar-refractivity contribution is 9.10. The average Bonchev–Trinajstić information content (AvgIpc) is 2.60. The van der Waals surface area contributed by atoms with E-state index in [1.807, 2.05) is 0 Å². The number of hydrogen-bond acceptors (Lipinski definition) is 4. The van der Waals surface area contributed by atoms with E-state index in [-0.39, 0.29) is 8.68 Å². The van der Waals surface area contributed by atoms with Gasteiger partial charge in [0.05, 0.1) is 0 Å². The summed E-state index contributed by atoms with van der Waals surface area (Å²) in [5.74, 6) is 0. The molecule has 4 nitrogen and oxygen atoms in total. The van der Waals surface area contributed by atoms with E-state index in [1.165, 1.54) is 11.4 Å². The minimum absolute atomic E-state index is 0.133. The van der Waals surface area contributed by atoms with Crippen LogP contribution in [0.1, 0.15) is 0 Å². The normalized spacial score (nSPS) is 14.9. The van der Waals surface area contributed by atoms with E-state index in [9.17, 15) is 21.6 Å². The molecule has 2 N–H and O–H groups in total. The van der Waals surface area contributed by atoms with Crippen molar-refractivity contribution in [2.75, 3.05) is 6.54 Å². The zero-order valence-corrected chi connectivity index (χ0v) is 11.3. The van der Waals surface area contributed by atoms with Gasteiger partial charge in [-0.05, 0) is 27.4 Å². The Bertz CT molecular complexity index is 485. The minimum Gasteiger partial charge on any atom is -0.382 e. The number of aliphatic hydroxyl groups excluding tert-OH is 1. The van der Waals surface area contributed by atoms with Crippen LogP contribution in [0.5, 0.6) is 0 Å². The monoisotopic (exact) mass is 353 g/mol. The number of halogens is 4. The number of nitrogens with one attached hydrogen (secondary N) is 1. The van der Waals surface area contributed by atoms with Gasteiger partial charge in [-0.2, -0.15) is 13.2 Å². The summed E-state index contributed by atoms with van der Waals surface area (Å²) in [4.78, 5) is 0. The van der Waals surface area contributed by atoms with Gasteiger partial charge in [0.15, 0.2) is 6.10 Å². The van der Waals surface area contributed by atoms with Gasteiger partial charge in [0, 0.05) is 11.0 Å². The number of sulfonamides is 1. The first-order chi connectivity index (χ1) is 7.64. The molecule has 0 saturated heterocycles. The molecule has 1 heterocycles. The van der Waals surface area contributed by atoms with E-state index in [1.54, 1.807) is 4.72 Å². The summed E-state index contributed by atoms with van der Waals surface area (Å²) in [5, 5.41) is 10.1. The lowest BCUT2D eigenvalue weighted by atomic mass is 10.4. The first-order valence-corrected chi connectivity index (χ1v) is 7.27. The summed E-state index contributed by atoms with van der Waals surface area (Å²) in [6.45, 7) is -1.11. The van der Waals surface area contributed by atoms with Crippen molar-refractivity contribution in [2.45, 2.75) is 16.5 Å². The molecule has 1 unspecified atom stereocenters. The van der Waals surface area contributed by atoms with Crippen molar-refractivity contribution in [3.8, 4) is 0 Å². The molecule has 0 saturated carbocycles. The number of alkyl halides is 3. The van der Waals surface area contributed by atoms with E-state index in [2.05, 4.69) is 15.9 Å². The first kappa shape index (κ1) is 14.9. The summed E-state index contributed by atoms with van der Waals surface area (Å²) in [7, 11) is -4.04. The molecule has 0 spiro atoms. The van der Waals surface area contributed by atoms with E-state index in [4.69, 9.17) is 5.11 Å². The lowest BCUT2D eigenvalue weighted by Gasteiger charge is -2.14. The summed E-state index contributed by atoms with van der Waals surface area (Å²) >= 11 is 3.81. The van der Waals surface area contributed by atoms with Crippen molar-refractivity contribution in [2.24, 2.45) is 0 Å². The second-order valence-corrected chi connectivity index (χ2v) is 6.70. The Morgan fingerprint density at radius 3 is 2.53 bits per heavy atom. The third kappa shape index (κ3) is 3.91. The van der Waals surface area contributed by atoms with Gasteiger partial charge in [-0.1, -0.05) is 0 Å². The van der Waals surface area contributed by atoms with Gasteiger partial charge >= 0.3 is 6.18 Å². The van der Waals surface area contributed by atoms with Crippen LogP contribution in [0.15, 0.2) is 20.1 Å². The van der Waals surface area contributed by atoms with Crippen molar-refractivity contribution in [1.29, 1.82) is 0 Å². The highest BCUT2D eigenvalue weighted by atomic mass is 79.9. The van der Waals surface area contributed by atoms with Gasteiger partial charge in [0.25, 0.3) is 10.0 Å². The second kappa shape index (κ2) is 5.22. The van der Waals surface area contributed by atoms with Crippen molar-refractivity contribution < 1.29 is 26.7 Å². The van der Waals surface area contributed by atoms with Crippen LogP contribution in [0.4, 0.5) is 13.2 Å². The molecule has 0 aliphatic heterocycles. The van der Waals surface area contributed by atoms with E-state index >= 15 is 0 Å². The molecule has 1 aromatic rings. The molecule has 1 atom stereocenters. The number of thiophene rings is 1.